The molecule has 0 saturated carbocycles. The molecule has 0 aliphatic carbocycles. The van der Waals surface area contributed by atoms with Crippen LogP contribution in [0.5, 0.6) is 0 Å². The molecule has 76 valence electrons. The van der Waals surface area contributed by atoms with Gasteiger partial charge in [0, 0.05) is 0 Å². The first-order valence-corrected chi connectivity index (χ1v) is 2.14. The molecule has 0 atom stereocenters. The molecule has 0 bridgehead atoms. The van der Waals surface area contributed by atoms with Gasteiger partial charge in [0.1, 0.15) is 0 Å². The molecule has 0 unspecified atom stereocenters. The molecule has 0 aliphatic heterocycles. The van der Waals surface area contributed by atoms with E-state index in [9.17, 15) is 0 Å². The molecule has 9 nitrogen and oxygen atoms in total. The van der Waals surface area contributed by atoms with Crippen LogP contribution in [0, 0.1) is 0 Å². The van der Waals surface area contributed by atoms with Gasteiger partial charge in [0.05, 0.1) is 7.32 Å². The predicted molar refractivity (Wildman–Crippen MR) is 36.4 cm³/mol. The van der Waals surface area contributed by atoms with Crippen molar-refractivity contribution in [1.82, 2.24) is 0 Å². The molecule has 0 aromatic rings. The third-order valence-electron chi connectivity index (χ3n) is 0. The molecule has 0 aromatic carbocycles. The molecule has 0 amide bonds. The Kier molecular flexibility index (Phi) is 33.2. The number of hydrogen-bond donors (Lipinski definition) is 1. The summed E-state index contributed by atoms with van der Waals surface area (Å²) < 4.78 is 0. The van der Waals surface area contributed by atoms with Crippen molar-refractivity contribution in [1.29, 1.82) is 0 Å². The van der Waals surface area contributed by atoms with E-state index in [0.29, 0.717) is 0 Å². The van der Waals surface area contributed by atoms with Gasteiger partial charge in [-0.1, -0.05) is 0 Å². The summed E-state index contributed by atoms with van der Waals surface area (Å²) in [6.45, 7) is 0. The van der Waals surface area contributed by atoms with E-state index >= 15 is 0 Å². The fraction of sp³-hybridized carbons (Fsp3) is 0. The summed E-state index contributed by atoms with van der Waals surface area (Å²) in [5.41, 5.74) is 0. The van der Waals surface area contributed by atoms with Crippen LogP contribution < -0.4 is 40.2 Å². The van der Waals surface area contributed by atoms with Crippen LogP contribution in [0.3, 0.4) is 0 Å². The smallest absolute Gasteiger partial charge is 1.00 e. The second-order valence-electron chi connectivity index (χ2n) is 0.884. The summed E-state index contributed by atoms with van der Waals surface area (Å²) in [5, 5.41) is 74.5. The standard InChI is InChI=1S/BHO3.2BO3.Mg.2H/c3*2-1(3)4;;;/h2H;;;;;/q-2;2*-3;+2;2*-1/p+8. The Morgan fingerprint density at radius 2 is 0.769 bits per heavy atom. The zero-order valence-electron chi connectivity index (χ0n) is 16.2. The van der Waals surface area contributed by atoms with Gasteiger partial charge in [-0.15, -0.1) is 0 Å². The van der Waals surface area contributed by atoms with Gasteiger partial charge in [-0.2, -0.15) is 0 Å². The van der Waals surface area contributed by atoms with Gasteiger partial charge in [0.15, 0.2) is 0 Å². The average Bonchev–Trinajstić information content (AvgIpc) is 1.54. The molecule has 0 rings (SSSR count). The summed E-state index contributed by atoms with van der Waals surface area (Å²) in [6.07, 6.45) is 0. The largest absolute Gasteiger partial charge is 2.00 e. The van der Waals surface area contributed by atoms with Gasteiger partial charge in [0.25, 0.3) is 0 Å². The van der Waals surface area contributed by atoms with Crippen LogP contribution in [0.15, 0.2) is 0 Å². The third kappa shape index (κ3) is 3920. The second kappa shape index (κ2) is 18.4. The van der Waals surface area contributed by atoms with Gasteiger partial charge in [-0.3, -0.25) is 14.6 Å². The number of rotatable bonds is 0. The van der Waals surface area contributed by atoms with Crippen molar-refractivity contribution >= 4 is 45.0 Å². The SMILES string of the molecule is [H+].[H+].[H+].[H+].[H+].[H+].[H+].[H+].[H-].[H-].[Mg+2].[O-]B([O-])O.[O-]B([O-])[O-].[O-]B([O-])[O-]. The summed E-state index contributed by atoms with van der Waals surface area (Å²) in [6, 6.07) is 0. The summed E-state index contributed by atoms with van der Waals surface area (Å²) in [5.74, 6) is 0. The van der Waals surface area contributed by atoms with Crippen molar-refractivity contribution in [2.75, 3.05) is 0 Å². The van der Waals surface area contributed by atoms with Crippen molar-refractivity contribution in [3.63, 3.8) is 0 Å². The fourth-order valence-corrected chi connectivity index (χ4v) is 0. The van der Waals surface area contributed by atoms with E-state index in [1.54, 1.807) is 0 Å². The Balaban J connectivity index is -0.00000000355. The quantitative estimate of drug-likeness (QED) is 0.377. The van der Waals surface area contributed by atoms with Crippen molar-refractivity contribution < 1.29 is 59.5 Å². The van der Waals surface area contributed by atoms with Gasteiger partial charge in [0.2, 0.25) is 0 Å². The predicted octanol–water partition coefficient (Wildman–Crippen LogP) is -10.5. The van der Waals surface area contributed by atoms with Crippen LogP contribution in [0.25, 0.3) is 0 Å². The Labute approximate surface area is 105 Å². The molecule has 13 heteroatoms. The maximum Gasteiger partial charge on any atom is 2.00 e. The van der Waals surface area contributed by atoms with Crippen molar-refractivity contribution in [3.05, 3.63) is 0 Å². The molecule has 0 aliphatic rings. The molecule has 0 fully saturated rings. The fourth-order valence-electron chi connectivity index (χ4n) is 0. The first-order chi connectivity index (χ1) is 5.20. The van der Waals surface area contributed by atoms with Crippen LogP contribution in [-0.2, 0) is 0 Å². The van der Waals surface area contributed by atoms with Crippen molar-refractivity contribution in [2.45, 2.75) is 0 Å². The molecular formula is H11B3MgO9. The normalized spacial score (nSPS) is 6.23. The average molecular weight is 212 g/mol. The third-order valence-corrected chi connectivity index (χ3v) is 0. The van der Waals surface area contributed by atoms with E-state index in [1.165, 1.54) is 0 Å². The molecular weight excluding hydrogens is 201 g/mol. The van der Waals surface area contributed by atoms with Gasteiger partial charge < -0.3 is 48.1 Å². The van der Waals surface area contributed by atoms with E-state index in [0.717, 1.165) is 0 Å². The molecule has 0 aromatic heterocycles. The Morgan fingerprint density at radius 1 is 0.769 bits per heavy atom. The molecule has 0 heterocycles. The summed E-state index contributed by atoms with van der Waals surface area (Å²) in [4.78, 5) is 0. The minimum atomic E-state index is -2.92. The van der Waals surface area contributed by atoms with Crippen LogP contribution in [0.4, 0.5) is 0 Å². The summed E-state index contributed by atoms with van der Waals surface area (Å²) in [7, 11) is -8.50. The zero-order chi connectivity index (χ0) is 10.7. The minimum Gasteiger partial charge on any atom is -1.00 e. The molecule has 0 spiro atoms. The summed E-state index contributed by atoms with van der Waals surface area (Å²) >= 11 is 0. The van der Waals surface area contributed by atoms with E-state index in [4.69, 9.17) is 45.2 Å². The van der Waals surface area contributed by atoms with Crippen molar-refractivity contribution in [3.8, 4) is 0 Å². The molecule has 1 N–H and O–H groups in total. The van der Waals surface area contributed by atoms with E-state index in [1.807, 2.05) is 0 Å². The zero-order valence-corrected chi connectivity index (χ0v) is 7.57. The Bertz CT molecular complexity index is 66.1. The molecule has 0 radical (unpaired) electrons. The van der Waals surface area contributed by atoms with Crippen LogP contribution in [0.2, 0.25) is 0 Å². The minimum absolute atomic E-state index is 0. The van der Waals surface area contributed by atoms with Crippen LogP contribution in [0.1, 0.15) is 14.3 Å². The monoisotopic (exact) mass is 212 g/mol. The van der Waals surface area contributed by atoms with Gasteiger partial charge in [-0.05, 0) is 0 Å². The maximum absolute atomic E-state index is 8.53. The maximum atomic E-state index is 8.53. The van der Waals surface area contributed by atoms with Crippen molar-refractivity contribution in [2.24, 2.45) is 0 Å². The van der Waals surface area contributed by atoms with Gasteiger partial charge >= 0.3 is 34.5 Å². The molecule has 0 saturated heterocycles. The Morgan fingerprint density at radius 3 is 0.769 bits per heavy atom. The number of hydrogen-bond acceptors (Lipinski definition) is 9. The van der Waals surface area contributed by atoms with E-state index < -0.39 is 22.0 Å². The Hall–Kier alpha value is 0.601. The second-order valence-corrected chi connectivity index (χ2v) is 0.884. The van der Waals surface area contributed by atoms with Crippen LogP contribution >= 0.6 is 0 Å². The molecule has 13 heavy (non-hydrogen) atoms. The van der Waals surface area contributed by atoms with E-state index in [2.05, 4.69) is 0 Å². The topological polar surface area (TPSA) is 205 Å². The first-order valence-electron chi connectivity index (χ1n) is 2.14. The van der Waals surface area contributed by atoms with Gasteiger partial charge in [-0.25, -0.2) is 0 Å². The van der Waals surface area contributed by atoms with E-state index in [-0.39, 0.29) is 37.3 Å². The first kappa shape index (κ1) is 23.4. The van der Waals surface area contributed by atoms with Crippen LogP contribution in [-0.4, -0.2) is 50.0 Å².